The Labute approximate surface area is 111 Å². The van der Waals surface area contributed by atoms with Crippen molar-refractivity contribution in [3.05, 3.63) is 21.9 Å². The third kappa shape index (κ3) is 2.91. The molecule has 2 atom stereocenters. The zero-order valence-corrected chi connectivity index (χ0v) is 11.6. The van der Waals surface area contributed by atoms with E-state index in [1.807, 2.05) is 11.3 Å². The van der Waals surface area contributed by atoms with Crippen LogP contribution in [0, 0.1) is 0 Å². The molecule has 1 aromatic heterocycles. The zero-order chi connectivity index (χ0) is 13.1. The van der Waals surface area contributed by atoms with Crippen molar-refractivity contribution in [1.82, 2.24) is 4.90 Å². The minimum Gasteiger partial charge on any atom is -0.479 e. The summed E-state index contributed by atoms with van der Waals surface area (Å²) in [6.45, 7) is 6.04. The third-order valence-electron chi connectivity index (χ3n) is 3.36. The first-order valence-electron chi connectivity index (χ1n) is 6.29. The number of carbonyl (C=O) groups is 1. The first kappa shape index (κ1) is 13.5. The highest BCUT2D eigenvalue weighted by molar-refractivity contribution is 7.12. The van der Waals surface area contributed by atoms with Gasteiger partial charge in [-0.05, 0) is 25.5 Å². The van der Waals surface area contributed by atoms with Gasteiger partial charge in [0.15, 0.2) is 6.10 Å². The molecule has 1 N–H and O–H groups in total. The molecule has 5 heteroatoms. The number of rotatable bonds is 4. The highest BCUT2D eigenvalue weighted by Crippen LogP contribution is 2.29. The number of aryl methyl sites for hydroxylation is 1. The quantitative estimate of drug-likeness (QED) is 0.910. The van der Waals surface area contributed by atoms with Crippen molar-refractivity contribution >= 4 is 17.3 Å². The van der Waals surface area contributed by atoms with Gasteiger partial charge in [0.2, 0.25) is 0 Å². The Hall–Kier alpha value is -0.910. The Morgan fingerprint density at radius 2 is 2.44 bits per heavy atom. The van der Waals surface area contributed by atoms with Crippen molar-refractivity contribution in [2.75, 3.05) is 19.7 Å². The molecule has 18 heavy (non-hydrogen) atoms. The summed E-state index contributed by atoms with van der Waals surface area (Å²) in [4.78, 5) is 15.8. The average molecular weight is 269 g/mol. The molecule has 0 aliphatic carbocycles. The molecule has 2 rings (SSSR count). The van der Waals surface area contributed by atoms with E-state index in [2.05, 4.69) is 30.9 Å². The first-order valence-corrected chi connectivity index (χ1v) is 7.10. The van der Waals surface area contributed by atoms with Crippen LogP contribution < -0.4 is 0 Å². The van der Waals surface area contributed by atoms with Crippen LogP contribution in [-0.4, -0.2) is 41.8 Å². The topological polar surface area (TPSA) is 49.8 Å². The minimum atomic E-state index is -0.868. The van der Waals surface area contributed by atoms with Gasteiger partial charge in [-0.3, -0.25) is 4.90 Å². The molecule has 1 saturated heterocycles. The van der Waals surface area contributed by atoms with Gasteiger partial charge in [0.25, 0.3) is 0 Å². The van der Waals surface area contributed by atoms with Gasteiger partial charge >= 0.3 is 5.97 Å². The third-order valence-corrected chi connectivity index (χ3v) is 4.76. The second-order valence-electron chi connectivity index (χ2n) is 4.53. The summed E-state index contributed by atoms with van der Waals surface area (Å²) in [7, 11) is 0. The molecular weight excluding hydrogens is 250 g/mol. The van der Waals surface area contributed by atoms with Crippen LogP contribution in [0.1, 0.15) is 29.6 Å². The molecule has 0 saturated carbocycles. The van der Waals surface area contributed by atoms with Crippen LogP contribution in [0.5, 0.6) is 0 Å². The number of thiophene rings is 1. The van der Waals surface area contributed by atoms with Crippen molar-refractivity contribution in [2.45, 2.75) is 32.4 Å². The molecule has 100 valence electrons. The Kier molecular flexibility index (Phi) is 4.37. The number of hydrogen-bond donors (Lipinski definition) is 1. The van der Waals surface area contributed by atoms with Gasteiger partial charge < -0.3 is 9.84 Å². The summed E-state index contributed by atoms with van der Waals surface area (Å²) in [5, 5.41) is 9.00. The van der Waals surface area contributed by atoms with Crippen LogP contribution in [0.2, 0.25) is 0 Å². The summed E-state index contributed by atoms with van der Waals surface area (Å²) in [5.41, 5.74) is 0. The van der Waals surface area contributed by atoms with Gasteiger partial charge in [0.1, 0.15) is 0 Å². The molecule has 1 fully saturated rings. The standard InChI is InChI=1S/C13H19NO3S/c1-3-10-4-5-12(18-10)9(2)14-6-7-17-11(8-14)13(15)16/h4-5,9,11H,3,6-8H2,1-2H3,(H,15,16). The smallest absolute Gasteiger partial charge is 0.334 e. The lowest BCUT2D eigenvalue weighted by Crippen LogP contribution is -2.46. The molecule has 4 nitrogen and oxygen atoms in total. The van der Waals surface area contributed by atoms with Gasteiger partial charge in [-0.2, -0.15) is 0 Å². The van der Waals surface area contributed by atoms with E-state index in [-0.39, 0.29) is 6.04 Å². The minimum absolute atomic E-state index is 0.265. The van der Waals surface area contributed by atoms with Gasteiger partial charge in [0, 0.05) is 28.9 Å². The molecule has 0 amide bonds. The Balaban J connectivity index is 2.03. The number of nitrogens with zero attached hydrogens (tertiary/aromatic N) is 1. The van der Waals surface area contributed by atoms with Gasteiger partial charge in [-0.15, -0.1) is 11.3 Å². The fourth-order valence-corrected chi connectivity index (χ4v) is 3.20. The largest absolute Gasteiger partial charge is 0.479 e. The van der Waals surface area contributed by atoms with E-state index < -0.39 is 12.1 Å². The van der Waals surface area contributed by atoms with E-state index in [1.165, 1.54) is 9.75 Å². The maximum absolute atomic E-state index is 11.0. The lowest BCUT2D eigenvalue weighted by Gasteiger charge is -2.34. The van der Waals surface area contributed by atoms with Crippen molar-refractivity contribution in [3.63, 3.8) is 0 Å². The summed E-state index contributed by atoms with van der Waals surface area (Å²) >= 11 is 1.81. The van der Waals surface area contributed by atoms with Crippen LogP contribution in [-0.2, 0) is 16.0 Å². The van der Waals surface area contributed by atoms with E-state index in [1.54, 1.807) is 0 Å². The van der Waals surface area contributed by atoms with Crippen LogP contribution >= 0.6 is 11.3 Å². The Bertz CT molecular complexity index is 418. The van der Waals surface area contributed by atoms with E-state index in [9.17, 15) is 4.79 Å². The zero-order valence-electron chi connectivity index (χ0n) is 10.8. The number of carboxylic acids is 1. The van der Waals surface area contributed by atoms with Crippen LogP contribution in [0.4, 0.5) is 0 Å². The van der Waals surface area contributed by atoms with Crippen LogP contribution in [0.3, 0.4) is 0 Å². The fraction of sp³-hybridized carbons (Fsp3) is 0.615. The number of ether oxygens (including phenoxy) is 1. The lowest BCUT2D eigenvalue weighted by molar-refractivity contribution is -0.157. The summed E-state index contributed by atoms with van der Waals surface area (Å²) < 4.78 is 5.24. The van der Waals surface area contributed by atoms with E-state index in [4.69, 9.17) is 9.84 Å². The number of aliphatic carboxylic acids is 1. The van der Waals surface area contributed by atoms with Gasteiger partial charge in [-0.25, -0.2) is 4.79 Å². The highest BCUT2D eigenvalue weighted by Gasteiger charge is 2.29. The van der Waals surface area contributed by atoms with E-state index >= 15 is 0 Å². The predicted octanol–water partition coefficient (Wildman–Crippen LogP) is 2.16. The molecule has 0 spiro atoms. The second-order valence-corrected chi connectivity index (χ2v) is 5.73. The lowest BCUT2D eigenvalue weighted by atomic mass is 10.2. The first-order chi connectivity index (χ1) is 8.61. The molecular formula is C13H19NO3S. The molecule has 1 aliphatic rings. The van der Waals surface area contributed by atoms with E-state index in [0.29, 0.717) is 13.2 Å². The maximum Gasteiger partial charge on any atom is 0.334 e. The van der Waals surface area contributed by atoms with Crippen LogP contribution in [0.15, 0.2) is 12.1 Å². The summed E-state index contributed by atoms with van der Waals surface area (Å²) in [5.74, 6) is -0.868. The molecule has 1 aliphatic heterocycles. The number of morpholine rings is 1. The van der Waals surface area contributed by atoms with Gasteiger partial charge in [-0.1, -0.05) is 6.92 Å². The predicted molar refractivity (Wildman–Crippen MR) is 71.1 cm³/mol. The molecule has 1 aromatic rings. The van der Waals surface area contributed by atoms with Crippen molar-refractivity contribution in [3.8, 4) is 0 Å². The summed E-state index contributed by atoms with van der Waals surface area (Å²) in [6.07, 6.45) is 0.366. The van der Waals surface area contributed by atoms with Crippen LogP contribution in [0.25, 0.3) is 0 Å². The van der Waals surface area contributed by atoms with Crippen molar-refractivity contribution in [2.24, 2.45) is 0 Å². The second kappa shape index (κ2) is 5.82. The Morgan fingerprint density at radius 1 is 1.67 bits per heavy atom. The normalized spacial score (nSPS) is 22.9. The number of hydrogen-bond acceptors (Lipinski definition) is 4. The molecule has 0 bridgehead atoms. The number of carboxylic acid groups (broad SMARTS) is 1. The monoisotopic (exact) mass is 269 g/mol. The molecule has 0 radical (unpaired) electrons. The Morgan fingerprint density at radius 3 is 3.06 bits per heavy atom. The van der Waals surface area contributed by atoms with E-state index in [0.717, 1.165) is 13.0 Å². The SMILES string of the molecule is CCc1ccc(C(C)N2CCOC(C(=O)O)C2)s1. The van der Waals surface area contributed by atoms with Crippen molar-refractivity contribution in [1.29, 1.82) is 0 Å². The van der Waals surface area contributed by atoms with Gasteiger partial charge in [0.05, 0.1) is 6.61 Å². The highest BCUT2D eigenvalue weighted by atomic mass is 32.1. The molecule has 2 heterocycles. The average Bonchev–Trinajstić information content (AvgIpc) is 2.86. The van der Waals surface area contributed by atoms with Crippen molar-refractivity contribution < 1.29 is 14.6 Å². The molecule has 2 unspecified atom stereocenters. The molecule has 0 aromatic carbocycles. The summed E-state index contributed by atoms with van der Waals surface area (Å²) in [6, 6.07) is 4.58. The maximum atomic E-state index is 11.0. The fourth-order valence-electron chi connectivity index (χ4n) is 2.16.